The van der Waals surface area contributed by atoms with E-state index in [1.807, 2.05) is 13.0 Å². The van der Waals surface area contributed by atoms with E-state index in [4.69, 9.17) is 4.74 Å². The monoisotopic (exact) mass is 233 g/mol. The van der Waals surface area contributed by atoms with Crippen molar-refractivity contribution in [2.75, 3.05) is 12.4 Å². The molecule has 0 aliphatic rings. The second kappa shape index (κ2) is 4.60. The van der Waals surface area contributed by atoms with Gasteiger partial charge in [-0.2, -0.15) is 5.21 Å². The molecule has 2 aromatic rings. The number of amides is 1. The minimum absolute atomic E-state index is 0.124. The quantitative estimate of drug-likeness (QED) is 0.816. The predicted octanol–water partition coefficient (Wildman–Crippen LogP) is 0.769. The maximum atomic E-state index is 11.9. The van der Waals surface area contributed by atoms with Crippen molar-refractivity contribution in [3.8, 4) is 5.75 Å². The number of tetrazole rings is 1. The summed E-state index contributed by atoms with van der Waals surface area (Å²) >= 11 is 0. The number of nitrogens with zero attached hydrogens (tertiary/aromatic N) is 3. The molecule has 0 radical (unpaired) electrons. The summed E-state index contributed by atoms with van der Waals surface area (Å²) in [5, 5.41) is 15.4. The zero-order valence-corrected chi connectivity index (χ0v) is 9.39. The topological polar surface area (TPSA) is 92.8 Å². The Morgan fingerprint density at radius 2 is 2.29 bits per heavy atom. The number of para-hydroxylation sites is 1. The molecule has 0 saturated heterocycles. The Kier molecular flexibility index (Phi) is 2.99. The molecule has 0 fully saturated rings. The van der Waals surface area contributed by atoms with Gasteiger partial charge in [-0.25, -0.2) is 0 Å². The van der Waals surface area contributed by atoms with Crippen molar-refractivity contribution in [3.05, 3.63) is 29.3 Å². The normalized spacial score (nSPS) is 10.0. The number of aryl methyl sites for hydroxylation is 1. The van der Waals surface area contributed by atoms with E-state index in [1.54, 1.807) is 12.1 Å². The average Bonchev–Trinajstić information content (AvgIpc) is 2.81. The zero-order chi connectivity index (χ0) is 12.3. The summed E-state index contributed by atoms with van der Waals surface area (Å²) < 4.78 is 5.19. The molecule has 0 unspecified atom stereocenters. The summed E-state index contributed by atoms with van der Waals surface area (Å²) in [5.41, 5.74) is 1.31. The molecule has 0 atom stereocenters. The van der Waals surface area contributed by atoms with Crippen LogP contribution in [0.15, 0.2) is 18.2 Å². The lowest BCUT2D eigenvalue weighted by Crippen LogP contribution is -2.14. The number of methoxy groups -OCH3 is 1. The van der Waals surface area contributed by atoms with Gasteiger partial charge in [0.25, 0.3) is 11.9 Å². The Morgan fingerprint density at radius 3 is 2.94 bits per heavy atom. The van der Waals surface area contributed by atoms with E-state index in [2.05, 4.69) is 25.9 Å². The number of hydrogen-bond acceptors (Lipinski definition) is 5. The van der Waals surface area contributed by atoms with Gasteiger partial charge in [0.1, 0.15) is 5.75 Å². The van der Waals surface area contributed by atoms with Crippen LogP contribution < -0.4 is 10.1 Å². The number of carbonyl (C=O) groups is 1. The van der Waals surface area contributed by atoms with Crippen LogP contribution in [0.2, 0.25) is 0 Å². The smallest absolute Gasteiger partial charge is 0.270 e. The largest absolute Gasteiger partial charge is 0.496 e. The first-order chi connectivity index (χ1) is 8.22. The molecule has 2 N–H and O–H groups in total. The van der Waals surface area contributed by atoms with Crippen LogP contribution in [0.5, 0.6) is 5.75 Å². The van der Waals surface area contributed by atoms with Crippen LogP contribution in [-0.2, 0) is 0 Å². The highest BCUT2D eigenvalue weighted by Crippen LogP contribution is 2.23. The number of benzene rings is 1. The highest BCUT2D eigenvalue weighted by Gasteiger charge is 2.15. The Bertz CT molecular complexity index is 523. The lowest BCUT2D eigenvalue weighted by atomic mass is 10.1. The third-order valence-electron chi connectivity index (χ3n) is 2.23. The lowest BCUT2D eigenvalue weighted by molar-refractivity contribution is 0.102. The molecule has 0 bridgehead atoms. The first kappa shape index (κ1) is 11.1. The van der Waals surface area contributed by atoms with Gasteiger partial charge in [-0.3, -0.25) is 10.1 Å². The van der Waals surface area contributed by atoms with Crippen LogP contribution >= 0.6 is 0 Å². The molecule has 88 valence electrons. The van der Waals surface area contributed by atoms with Gasteiger partial charge in [0.05, 0.1) is 12.7 Å². The van der Waals surface area contributed by atoms with Crippen molar-refractivity contribution in [2.24, 2.45) is 0 Å². The maximum absolute atomic E-state index is 11.9. The molecule has 0 aliphatic heterocycles. The first-order valence-electron chi connectivity index (χ1n) is 4.90. The van der Waals surface area contributed by atoms with Gasteiger partial charge < -0.3 is 4.74 Å². The van der Waals surface area contributed by atoms with Crippen LogP contribution in [0, 0.1) is 6.92 Å². The molecule has 17 heavy (non-hydrogen) atoms. The third kappa shape index (κ3) is 2.22. The second-order valence-corrected chi connectivity index (χ2v) is 3.35. The minimum Gasteiger partial charge on any atom is -0.496 e. The fraction of sp³-hybridized carbons (Fsp3) is 0.200. The first-order valence-corrected chi connectivity index (χ1v) is 4.90. The van der Waals surface area contributed by atoms with Crippen molar-refractivity contribution in [3.63, 3.8) is 0 Å². The van der Waals surface area contributed by atoms with E-state index in [9.17, 15) is 4.79 Å². The van der Waals surface area contributed by atoms with Crippen LogP contribution in [0.4, 0.5) is 5.95 Å². The Hall–Kier alpha value is -2.44. The molecule has 2 rings (SSSR count). The molecule has 7 heteroatoms. The van der Waals surface area contributed by atoms with E-state index in [0.717, 1.165) is 5.56 Å². The number of hydrogen-bond donors (Lipinski definition) is 2. The van der Waals surface area contributed by atoms with Gasteiger partial charge in [-0.05, 0) is 23.8 Å². The van der Waals surface area contributed by atoms with Crippen LogP contribution in [0.1, 0.15) is 15.9 Å². The van der Waals surface area contributed by atoms with Crippen molar-refractivity contribution in [1.29, 1.82) is 0 Å². The fourth-order valence-electron chi connectivity index (χ4n) is 1.49. The van der Waals surface area contributed by atoms with Gasteiger partial charge in [0.15, 0.2) is 0 Å². The number of carbonyl (C=O) groups excluding carboxylic acids is 1. The number of anilines is 1. The summed E-state index contributed by atoms with van der Waals surface area (Å²) in [6.45, 7) is 1.87. The number of aromatic amines is 1. The molecule has 0 spiro atoms. The average molecular weight is 233 g/mol. The van der Waals surface area contributed by atoms with E-state index < -0.39 is 0 Å². The highest BCUT2D eigenvalue weighted by molar-refractivity contribution is 6.05. The molecular weight excluding hydrogens is 222 g/mol. The summed E-state index contributed by atoms with van der Waals surface area (Å²) in [4.78, 5) is 11.9. The highest BCUT2D eigenvalue weighted by atomic mass is 16.5. The van der Waals surface area contributed by atoms with Crippen molar-refractivity contribution < 1.29 is 9.53 Å². The van der Waals surface area contributed by atoms with Crippen molar-refractivity contribution >= 4 is 11.9 Å². The van der Waals surface area contributed by atoms with Gasteiger partial charge >= 0.3 is 0 Å². The standard InChI is InChI=1S/C10H11N5O2/c1-6-4-3-5-7(8(6)17-2)9(16)11-10-12-14-15-13-10/h3-5H,1-2H3,(H2,11,12,13,14,15,16). The molecule has 1 aromatic carbocycles. The van der Waals surface area contributed by atoms with Crippen molar-refractivity contribution in [2.45, 2.75) is 6.92 Å². The van der Waals surface area contributed by atoms with Gasteiger partial charge in [0.2, 0.25) is 0 Å². The molecule has 0 saturated carbocycles. The number of nitrogens with one attached hydrogen (secondary N) is 2. The summed E-state index contributed by atoms with van der Waals surface area (Å²) in [5.74, 6) is 0.319. The summed E-state index contributed by atoms with van der Waals surface area (Å²) in [6.07, 6.45) is 0. The van der Waals surface area contributed by atoms with Gasteiger partial charge in [-0.1, -0.05) is 17.2 Å². The van der Waals surface area contributed by atoms with E-state index in [1.165, 1.54) is 7.11 Å². The van der Waals surface area contributed by atoms with E-state index >= 15 is 0 Å². The van der Waals surface area contributed by atoms with E-state index in [0.29, 0.717) is 11.3 Å². The predicted molar refractivity (Wildman–Crippen MR) is 59.9 cm³/mol. The summed E-state index contributed by atoms with van der Waals surface area (Å²) in [6, 6.07) is 5.31. The summed E-state index contributed by atoms with van der Waals surface area (Å²) in [7, 11) is 1.52. The number of ether oxygens (including phenoxy) is 1. The second-order valence-electron chi connectivity index (χ2n) is 3.35. The maximum Gasteiger partial charge on any atom is 0.270 e. The van der Waals surface area contributed by atoms with Crippen molar-refractivity contribution in [1.82, 2.24) is 20.6 Å². The third-order valence-corrected chi connectivity index (χ3v) is 2.23. The van der Waals surface area contributed by atoms with Crippen LogP contribution in [0.3, 0.4) is 0 Å². The SMILES string of the molecule is COc1c(C)cccc1C(=O)Nc1nn[nH]n1. The Labute approximate surface area is 97.2 Å². The Morgan fingerprint density at radius 1 is 1.47 bits per heavy atom. The molecule has 1 heterocycles. The van der Waals surface area contributed by atoms with E-state index in [-0.39, 0.29) is 11.9 Å². The molecule has 0 aliphatic carbocycles. The number of H-pyrrole nitrogens is 1. The van der Waals surface area contributed by atoms with Crippen LogP contribution in [0.25, 0.3) is 0 Å². The zero-order valence-electron chi connectivity index (χ0n) is 9.39. The molecule has 1 amide bonds. The number of aromatic nitrogens is 4. The minimum atomic E-state index is -0.341. The van der Waals surface area contributed by atoms with Gasteiger partial charge in [0, 0.05) is 0 Å². The Balaban J connectivity index is 2.28. The molecule has 7 nitrogen and oxygen atoms in total. The lowest BCUT2D eigenvalue weighted by Gasteiger charge is -2.09. The fourth-order valence-corrected chi connectivity index (χ4v) is 1.49. The molecule has 1 aromatic heterocycles. The molecular formula is C10H11N5O2. The van der Waals surface area contributed by atoms with Crippen LogP contribution in [-0.4, -0.2) is 33.6 Å². The van der Waals surface area contributed by atoms with Gasteiger partial charge in [-0.15, -0.1) is 5.10 Å². The number of rotatable bonds is 3.